The van der Waals surface area contributed by atoms with E-state index in [0.29, 0.717) is 24.1 Å². The van der Waals surface area contributed by atoms with Crippen molar-refractivity contribution in [1.29, 1.82) is 0 Å². The van der Waals surface area contributed by atoms with Gasteiger partial charge in [0.15, 0.2) is 0 Å². The Morgan fingerprint density at radius 3 is 2.68 bits per heavy atom. The van der Waals surface area contributed by atoms with Gasteiger partial charge in [0, 0.05) is 0 Å². The van der Waals surface area contributed by atoms with Crippen LogP contribution in [0.2, 0.25) is 0 Å². The summed E-state index contributed by atoms with van der Waals surface area (Å²) in [5.41, 5.74) is -0.403. The molecular formula is C14H20Cl2N2O4. The molecule has 0 fully saturated rings. The van der Waals surface area contributed by atoms with E-state index >= 15 is 0 Å². The number of carbonyl (C=O) groups excluding carboxylic acids is 2. The van der Waals surface area contributed by atoms with E-state index in [0.717, 1.165) is 0 Å². The lowest BCUT2D eigenvalue weighted by Crippen LogP contribution is -2.53. The van der Waals surface area contributed by atoms with E-state index in [4.69, 9.17) is 32.5 Å². The number of aromatic nitrogens is 1. The summed E-state index contributed by atoms with van der Waals surface area (Å²) >= 11 is 11.4. The highest BCUT2D eigenvalue weighted by Crippen LogP contribution is 2.21. The summed E-state index contributed by atoms with van der Waals surface area (Å²) in [6.45, 7) is 5.34. The Morgan fingerprint density at radius 1 is 1.45 bits per heavy atom. The molecule has 1 aromatic rings. The average Bonchev–Trinajstić information content (AvgIpc) is 2.94. The van der Waals surface area contributed by atoms with E-state index in [9.17, 15) is 9.59 Å². The van der Waals surface area contributed by atoms with Crippen LogP contribution in [0.3, 0.4) is 0 Å². The minimum atomic E-state index is -1.22. The number of rotatable bonds is 8. The molecule has 124 valence electrons. The predicted octanol–water partition coefficient (Wildman–Crippen LogP) is 2.87. The van der Waals surface area contributed by atoms with Crippen molar-refractivity contribution >= 4 is 35.1 Å². The highest BCUT2D eigenvalue weighted by molar-refractivity contribution is 6.44. The van der Waals surface area contributed by atoms with Gasteiger partial charge in [-0.2, -0.15) is 0 Å². The van der Waals surface area contributed by atoms with Crippen molar-refractivity contribution in [2.75, 3.05) is 6.61 Å². The van der Waals surface area contributed by atoms with Crippen molar-refractivity contribution in [1.82, 2.24) is 10.5 Å². The molecule has 1 aromatic heterocycles. The molecule has 1 N–H and O–H groups in total. The maximum absolute atomic E-state index is 12.4. The zero-order chi connectivity index (χ0) is 16.8. The second kappa shape index (κ2) is 8.39. The Hall–Kier alpha value is -1.27. The topological polar surface area (TPSA) is 81.4 Å². The molecule has 0 aromatic carbocycles. The number of amides is 1. The summed E-state index contributed by atoms with van der Waals surface area (Å²) in [6, 6.07) is 0. The Bertz CT molecular complexity index is 519. The minimum Gasteiger partial charge on any atom is -0.464 e. The van der Waals surface area contributed by atoms with Gasteiger partial charge in [-0.25, -0.2) is 4.79 Å². The number of nitrogens with one attached hydrogen (secondary N) is 1. The van der Waals surface area contributed by atoms with Gasteiger partial charge in [0.1, 0.15) is 22.2 Å². The first-order valence-electron chi connectivity index (χ1n) is 7.05. The number of carbonyl (C=O) groups is 2. The quantitative estimate of drug-likeness (QED) is 0.575. The Kier molecular flexibility index (Phi) is 7.16. The second-order valence-electron chi connectivity index (χ2n) is 4.96. The lowest BCUT2D eigenvalue weighted by Gasteiger charge is -2.28. The Labute approximate surface area is 139 Å². The molecule has 8 heteroatoms. The number of ether oxygens (including phenoxy) is 1. The third-order valence-electron chi connectivity index (χ3n) is 3.20. The van der Waals surface area contributed by atoms with Crippen molar-refractivity contribution in [3.05, 3.63) is 17.5 Å². The SMILES string of the molecule is CCOC(=O)[C@](C)(CCC(Cl)Cl)NC(=O)c1conc1CC. The number of hydrogen-bond acceptors (Lipinski definition) is 5. The molecule has 0 aliphatic carbocycles. The molecule has 22 heavy (non-hydrogen) atoms. The van der Waals surface area contributed by atoms with Crippen molar-refractivity contribution in [2.24, 2.45) is 0 Å². The number of halogens is 2. The second-order valence-corrected chi connectivity index (χ2v) is 6.24. The smallest absolute Gasteiger partial charge is 0.331 e. The number of alkyl halides is 2. The summed E-state index contributed by atoms with van der Waals surface area (Å²) < 4.78 is 9.84. The fourth-order valence-corrected chi connectivity index (χ4v) is 2.14. The molecule has 0 aliphatic heterocycles. The number of aryl methyl sites for hydroxylation is 1. The zero-order valence-electron chi connectivity index (χ0n) is 12.8. The third-order valence-corrected chi connectivity index (χ3v) is 3.64. The molecule has 1 amide bonds. The molecule has 6 nitrogen and oxygen atoms in total. The lowest BCUT2D eigenvalue weighted by molar-refractivity contribution is -0.150. The molecule has 0 saturated carbocycles. The molecule has 0 spiro atoms. The summed E-state index contributed by atoms with van der Waals surface area (Å²) in [5, 5.41) is 6.43. The predicted molar refractivity (Wildman–Crippen MR) is 83.1 cm³/mol. The van der Waals surface area contributed by atoms with Gasteiger partial charge in [-0.05, 0) is 33.1 Å². The Balaban J connectivity index is 2.92. The Morgan fingerprint density at radius 2 is 2.14 bits per heavy atom. The van der Waals surface area contributed by atoms with Crippen LogP contribution in [0.25, 0.3) is 0 Å². The molecule has 1 heterocycles. The third kappa shape index (κ3) is 4.88. The minimum absolute atomic E-state index is 0.211. The standard InChI is InChI=1S/C14H20Cl2N2O4/c1-4-10-9(8-22-18-10)12(19)17-14(3,7-6-11(15)16)13(20)21-5-2/h8,11H,4-7H2,1-3H3,(H,17,19)/t14-/m0/s1. The molecule has 0 bridgehead atoms. The first-order chi connectivity index (χ1) is 10.3. The van der Waals surface area contributed by atoms with E-state index in [1.807, 2.05) is 6.92 Å². The van der Waals surface area contributed by atoms with Crippen molar-refractivity contribution in [3.63, 3.8) is 0 Å². The lowest BCUT2D eigenvalue weighted by atomic mass is 9.95. The van der Waals surface area contributed by atoms with Crippen LogP contribution in [-0.2, 0) is 16.0 Å². The highest BCUT2D eigenvalue weighted by Gasteiger charge is 2.37. The van der Waals surface area contributed by atoms with Crippen LogP contribution in [0.1, 0.15) is 49.7 Å². The molecule has 0 radical (unpaired) electrons. The monoisotopic (exact) mass is 350 g/mol. The van der Waals surface area contributed by atoms with E-state index in [-0.39, 0.29) is 13.0 Å². The van der Waals surface area contributed by atoms with Gasteiger partial charge >= 0.3 is 5.97 Å². The first-order valence-corrected chi connectivity index (χ1v) is 7.92. The van der Waals surface area contributed by atoms with Gasteiger partial charge in [0.2, 0.25) is 0 Å². The van der Waals surface area contributed by atoms with Crippen molar-refractivity contribution in [2.45, 2.75) is 50.4 Å². The molecule has 1 atom stereocenters. The molecule has 0 aliphatic rings. The van der Waals surface area contributed by atoms with Gasteiger partial charge < -0.3 is 14.6 Å². The number of hydrogen-bond donors (Lipinski definition) is 1. The van der Waals surface area contributed by atoms with E-state index in [1.54, 1.807) is 13.8 Å². The van der Waals surface area contributed by atoms with Crippen LogP contribution in [0.15, 0.2) is 10.8 Å². The summed E-state index contributed by atoms with van der Waals surface area (Å²) in [4.78, 5) is 23.9. The maximum Gasteiger partial charge on any atom is 0.331 e. The van der Waals surface area contributed by atoms with Crippen LogP contribution in [0, 0.1) is 0 Å². The molecular weight excluding hydrogens is 331 g/mol. The summed E-state index contributed by atoms with van der Waals surface area (Å²) in [5.74, 6) is -0.985. The van der Waals surface area contributed by atoms with Crippen molar-refractivity contribution < 1.29 is 18.8 Å². The van der Waals surface area contributed by atoms with Gasteiger partial charge in [0.25, 0.3) is 5.91 Å². The molecule has 0 saturated heterocycles. The molecule has 0 unspecified atom stereocenters. The fraction of sp³-hybridized carbons (Fsp3) is 0.643. The van der Waals surface area contributed by atoms with Crippen LogP contribution in [0.4, 0.5) is 0 Å². The highest BCUT2D eigenvalue weighted by atomic mass is 35.5. The van der Waals surface area contributed by atoms with Crippen molar-refractivity contribution in [3.8, 4) is 0 Å². The van der Waals surface area contributed by atoms with Gasteiger partial charge in [-0.1, -0.05) is 12.1 Å². The average molecular weight is 351 g/mol. The zero-order valence-corrected chi connectivity index (χ0v) is 14.3. The molecule has 1 rings (SSSR count). The van der Waals surface area contributed by atoms with Crippen LogP contribution in [0.5, 0.6) is 0 Å². The number of nitrogens with zero attached hydrogens (tertiary/aromatic N) is 1. The van der Waals surface area contributed by atoms with E-state index in [2.05, 4.69) is 10.5 Å². The largest absolute Gasteiger partial charge is 0.464 e. The summed E-state index contributed by atoms with van der Waals surface area (Å²) in [6.07, 6.45) is 2.39. The normalized spacial score (nSPS) is 13.7. The van der Waals surface area contributed by atoms with Gasteiger partial charge in [-0.3, -0.25) is 4.79 Å². The first kappa shape index (κ1) is 18.8. The van der Waals surface area contributed by atoms with Gasteiger partial charge in [0.05, 0.1) is 12.3 Å². The van der Waals surface area contributed by atoms with Crippen LogP contribution >= 0.6 is 23.2 Å². The van der Waals surface area contributed by atoms with E-state index in [1.165, 1.54) is 6.26 Å². The number of esters is 1. The van der Waals surface area contributed by atoms with Crippen LogP contribution in [-0.4, -0.2) is 34.0 Å². The van der Waals surface area contributed by atoms with Gasteiger partial charge in [-0.15, -0.1) is 23.2 Å². The maximum atomic E-state index is 12.4. The fourth-order valence-electron chi connectivity index (χ4n) is 1.92. The van der Waals surface area contributed by atoms with Crippen LogP contribution < -0.4 is 5.32 Å². The van der Waals surface area contributed by atoms with E-state index < -0.39 is 22.3 Å². The summed E-state index contributed by atoms with van der Waals surface area (Å²) in [7, 11) is 0.